The Balaban J connectivity index is 1.81. The standard InChI is InChI=1S/C24H27N5O2/c1-15(25)23-18-9-8-16(17-13-27-29(2)14-17)12-20(18)22(10-11-26-23)28-21-7-5-4-6-19(21)24(30)31-3/h4-9,12-14,22,26,28H,10-11,25H2,1-3H3/b23-15-. The van der Waals surface area contributed by atoms with Gasteiger partial charge in [-0.2, -0.15) is 5.10 Å². The number of esters is 1. The van der Waals surface area contributed by atoms with Gasteiger partial charge < -0.3 is 21.1 Å². The molecular weight excluding hydrogens is 390 g/mol. The van der Waals surface area contributed by atoms with Gasteiger partial charge in [-0.15, -0.1) is 0 Å². The maximum absolute atomic E-state index is 12.3. The quantitative estimate of drug-likeness (QED) is 0.561. The van der Waals surface area contributed by atoms with Gasteiger partial charge in [0.2, 0.25) is 0 Å². The number of nitrogens with one attached hydrogen (secondary N) is 2. The molecule has 1 aliphatic rings. The molecule has 0 aliphatic carbocycles. The van der Waals surface area contributed by atoms with E-state index in [9.17, 15) is 4.79 Å². The van der Waals surface area contributed by atoms with E-state index in [0.29, 0.717) is 5.56 Å². The molecule has 1 unspecified atom stereocenters. The van der Waals surface area contributed by atoms with Crippen LogP contribution in [0.3, 0.4) is 0 Å². The molecule has 4 rings (SSSR count). The number of hydrogen-bond acceptors (Lipinski definition) is 6. The molecule has 160 valence electrons. The second kappa shape index (κ2) is 8.55. The number of nitrogens with two attached hydrogens (primary N) is 1. The van der Waals surface area contributed by atoms with Crippen LogP contribution in [-0.4, -0.2) is 29.4 Å². The molecular formula is C24H27N5O2. The number of hydrogen-bond donors (Lipinski definition) is 3. The van der Waals surface area contributed by atoms with Gasteiger partial charge in [-0.3, -0.25) is 4.68 Å². The SMILES string of the molecule is COC(=O)c1ccccc1NC1CCN/C(=C(/C)N)c2ccc(-c3cnn(C)c3)cc21. The van der Waals surface area contributed by atoms with Crippen molar-refractivity contribution >= 4 is 17.4 Å². The van der Waals surface area contributed by atoms with E-state index in [0.717, 1.165) is 52.3 Å². The van der Waals surface area contributed by atoms with Crippen molar-refractivity contribution in [3.05, 3.63) is 77.2 Å². The van der Waals surface area contributed by atoms with E-state index in [1.165, 1.54) is 7.11 Å². The minimum absolute atomic E-state index is 0.0261. The van der Waals surface area contributed by atoms with Crippen molar-refractivity contribution < 1.29 is 9.53 Å². The number of carbonyl (C=O) groups excluding carboxylic acids is 1. The van der Waals surface area contributed by atoms with Crippen LogP contribution in [0.1, 0.15) is 40.9 Å². The van der Waals surface area contributed by atoms with Crippen LogP contribution in [0.2, 0.25) is 0 Å². The molecule has 0 spiro atoms. The van der Waals surface area contributed by atoms with Gasteiger partial charge in [-0.25, -0.2) is 4.79 Å². The fourth-order valence-electron chi connectivity index (χ4n) is 4.01. The van der Waals surface area contributed by atoms with Gasteiger partial charge in [0.1, 0.15) is 0 Å². The molecule has 0 radical (unpaired) electrons. The van der Waals surface area contributed by atoms with Gasteiger partial charge >= 0.3 is 5.97 Å². The summed E-state index contributed by atoms with van der Waals surface area (Å²) in [4.78, 5) is 12.3. The van der Waals surface area contributed by atoms with E-state index < -0.39 is 0 Å². The summed E-state index contributed by atoms with van der Waals surface area (Å²) in [5.41, 5.74) is 13.4. The molecule has 0 saturated heterocycles. The Morgan fingerprint density at radius 1 is 1.26 bits per heavy atom. The highest BCUT2D eigenvalue weighted by Crippen LogP contribution is 2.35. The van der Waals surface area contributed by atoms with Gasteiger partial charge in [-0.1, -0.05) is 24.3 Å². The van der Waals surface area contributed by atoms with E-state index in [1.807, 2.05) is 44.6 Å². The third-order valence-electron chi connectivity index (χ3n) is 5.53. The maximum atomic E-state index is 12.3. The first-order valence-corrected chi connectivity index (χ1v) is 10.3. The highest BCUT2D eigenvalue weighted by atomic mass is 16.5. The molecule has 0 bridgehead atoms. The van der Waals surface area contributed by atoms with Crippen molar-refractivity contribution in [3.63, 3.8) is 0 Å². The van der Waals surface area contributed by atoms with E-state index in [4.69, 9.17) is 10.5 Å². The van der Waals surface area contributed by atoms with Crippen LogP contribution in [0.4, 0.5) is 5.69 Å². The maximum Gasteiger partial charge on any atom is 0.339 e. The Morgan fingerprint density at radius 2 is 2.06 bits per heavy atom. The molecule has 1 aliphatic heterocycles. The number of anilines is 1. The predicted octanol–water partition coefficient (Wildman–Crippen LogP) is 3.67. The normalized spacial score (nSPS) is 17.2. The number of methoxy groups -OCH3 is 1. The second-order valence-corrected chi connectivity index (χ2v) is 7.71. The number of nitrogens with zero attached hydrogens (tertiary/aromatic N) is 2. The van der Waals surface area contributed by atoms with Gasteiger partial charge in [-0.05, 0) is 42.7 Å². The smallest absolute Gasteiger partial charge is 0.339 e. The van der Waals surface area contributed by atoms with Crippen molar-refractivity contribution in [2.24, 2.45) is 12.8 Å². The fourth-order valence-corrected chi connectivity index (χ4v) is 4.01. The highest BCUT2D eigenvalue weighted by molar-refractivity contribution is 5.95. The van der Waals surface area contributed by atoms with Gasteiger partial charge in [0.15, 0.2) is 0 Å². The number of aryl methyl sites for hydroxylation is 1. The minimum atomic E-state index is -0.363. The molecule has 2 heterocycles. The molecule has 2 aromatic carbocycles. The predicted molar refractivity (Wildman–Crippen MR) is 122 cm³/mol. The Hall–Kier alpha value is -3.74. The lowest BCUT2D eigenvalue weighted by atomic mass is 9.93. The van der Waals surface area contributed by atoms with Crippen molar-refractivity contribution in [1.82, 2.24) is 15.1 Å². The third kappa shape index (κ3) is 4.12. The van der Waals surface area contributed by atoms with Crippen LogP contribution < -0.4 is 16.4 Å². The van der Waals surface area contributed by atoms with Crippen LogP contribution in [0.25, 0.3) is 16.8 Å². The lowest BCUT2D eigenvalue weighted by molar-refractivity contribution is 0.0602. The van der Waals surface area contributed by atoms with Crippen molar-refractivity contribution in [2.75, 3.05) is 19.0 Å². The van der Waals surface area contributed by atoms with Crippen molar-refractivity contribution in [3.8, 4) is 11.1 Å². The summed E-state index contributed by atoms with van der Waals surface area (Å²) in [5, 5.41) is 11.4. The van der Waals surface area contributed by atoms with E-state index in [1.54, 1.807) is 10.7 Å². The number of rotatable bonds is 4. The summed E-state index contributed by atoms with van der Waals surface area (Å²) in [6.45, 7) is 2.65. The minimum Gasteiger partial charge on any atom is -0.465 e. The highest BCUT2D eigenvalue weighted by Gasteiger charge is 2.24. The average Bonchev–Trinajstić information content (AvgIpc) is 3.13. The molecule has 0 fully saturated rings. The molecule has 0 saturated carbocycles. The zero-order chi connectivity index (χ0) is 22.0. The third-order valence-corrected chi connectivity index (χ3v) is 5.53. The fraction of sp³-hybridized carbons (Fsp3) is 0.250. The number of aromatic nitrogens is 2. The molecule has 0 amide bonds. The number of fused-ring (bicyclic) bond motifs is 1. The summed E-state index contributed by atoms with van der Waals surface area (Å²) in [6.07, 6.45) is 4.67. The van der Waals surface area contributed by atoms with E-state index >= 15 is 0 Å². The summed E-state index contributed by atoms with van der Waals surface area (Å²) >= 11 is 0. The first-order chi connectivity index (χ1) is 15.0. The zero-order valence-corrected chi connectivity index (χ0v) is 18.0. The molecule has 7 nitrogen and oxygen atoms in total. The van der Waals surface area contributed by atoms with Gasteiger partial charge in [0, 0.05) is 42.3 Å². The van der Waals surface area contributed by atoms with Crippen LogP contribution >= 0.6 is 0 Å². The number of para-hydroxylation sites is 1. The van der Waals surface area contributed by atoms with Crippen LogP contribution in [0.15, 0.2) is 60.6 Å². The number of allylic oxidation sites excluding steroid dienone is 1. The van der Waals surface area contributed by atoms with Gasteiger partial charge in [0.25, 0.3) is 0 Å². The number of benzene rings is 2. The molecule has 1 atom stereocenters. The van der Waals surface area contributed by atoms with Crippen molar-refractivity contribution in [1.29, 1.82) is 0 Å². The van der Waals surface area contributed by atoms with Crippen molar-refractivity contribution in [2.45, 2.75) is 19.4 Å². The summed E-state index contributed by atoms with van der Waals surface area (Å²) < 4.78 is 6.76. The average molecular weight is 418 g/mol. The van der Waals surface area contributed by atoms with Crippen LogP contribution in [-0.2, 0) is 11.8 Å². The van der Waals surface area contributed by atoms with E-state index in [-0.39, 0.29) is 12.0 Å². The lowest BCUT2D eigenvalue weighted by Gasteiger charge is -2.22. The van der Waals surface area contributed by atoms with Crippen LogP contribution in [0, 0.1) is 0 Å². The topological polar surface area (TPSA) is 94.2 Å². The first kappa shape index (κ1) is 20.5. The van der Waals surface area contributed by atoms with Crippen LogP contribution in [0.5, 0.6) is 0 Å². The molecule has 7 heteroatoms. The molecule has 3 aromatic rings. The summed E-state index contributed by atoms with van der Waals surface area (Å²) in [6, 6.07) is 13.8. The Labute approximate surface area is 181 Å². The first-order valence-electron chi connectivity index (χ1n) is 10.3. The molecule has 4 N–H and O–H groups in total. The summed E-state index contributed by atoms with van der Waals surface area (Å²) in [7, 11) is 3.30. The largest absolute Gasteiger partial charge is 0.465 e. The second-order valence-electron chi connectivity index (χ2n) is 7.71. The lowest BCUT2D eigenvalue weighted by Crippen LogP contribution is -2.17. The molecule has 31 heavy (non-hydrogen) atoms. The number of ether oxygens (including phenoxy) is 1. The molecule has 1 aromatic heterocycles. The Morgan fingerprint density at radius 3 is 2.77 bits per heavy atom. The summed E-state index contributed by atoms with van der Waals surface area (Å²) in [5.74, 6) is -0.363. The number of carbonyl (C=O) groups is 1. The van der Waals surface area contributed by atoms with Gasteiger partial charge in [0.05, 0.1) is 30.6 Å². The zero-order valence-electron chi connectivity index (χ0n) is 18.0. The Bertz CT molecular complexity index is 1140. The van der Waals surface area contributed by atoms with E-state index in [2.05, 4.69) is 33.9 Å². The Kier molecular flexibility index (Phi) is 5.66. The monoisotopic (exact) mass is 417 g/mol.